The monoisotopic (exact) mass is 781 g/mol. The highest BCUT2D eigenvalue weighted by molar-refractivity contribution is 6.24. The lowest BCUT2D eigenvalue weighted by Gasteiger charge is -2.24. The van der Waals surface area contributed by atoms with Crippen molar-refractivity contribution in [2.45, 2.75) is 6.17 Å². The summed E-state index contributed by atoms with van der Waals surface area (Å²) in [7, 11) is 0. The molecule has 12 aromatic rings. The molecule has 1 N–H and O–H groups in total. The first-order valence-corrected chi connectivity index (χ1v) is 20.7. The summed E-state index contributed by atoms with van der Waals surface area (Å²) in [5.74, 6) is 1.44. The second kappa shape index (κ2) is 13.1. The van der Waals surface area contributed by atoms with Crippen LogP contribution in [0.15, 0.2) is 215 Å². The molecule has 0 aliphatic carbocycles. The second-order valence-electron chi connectivity index (χ2n) is 15.8. The molecule has 13 rings (SSSR count). The van der Waals surface area contributed by atoms with Crippen LogP contribution in [0.1, 0.15) is 22.9 Å². The Labute approximate surface area is 349 Å². The first-order valence-electron chi connectivity index (χ1n) is 20.7. The zero-order chi connectivity index (χ0) is 40.0. The van der Waals surface area contributed by atoms with E-state index in [1.54, 1.807) is 0 Å². The van der Waals surface area contributed by atoms with E-state index in [2.05, 4.69) is 203 Å². The fourth-order valence-electron chi connectivity index (χ4n) is 9.60. The maximum absolute atomic E-state index is 6.34. The van der Waals surface area contributed by atoms with Crippen molar-refractivity contribution in [3.63, 3.8) is 0 Å². The fraction of sp³-hybridized carbons (Fsp3) is 0.0182. The van der Waals surface area contributed by atoms with Crippen molar-refractivity contribution in [1.82, 2.24) is 14.5 Å². The van der Waals surface area contributed by atoms with Crippen LogP contribution in [0, 0.1) is 0 Å². The van der Waals surface area contributed by atoms with E-state index in [9.17, 15) is 0 Å². The molecule has 1 unspecified atom stereocenters. The predicted molar refractivity (Wildman–Crippen MR) is 252 cm³/mol. The molecule has 286 valence electrons. The highest BCUT2D eigenvalue weighted by Gasteiger charge is 2.25. The van der Waals surface area contributed by atoms with Crippen LogP contribution in [-0.4, -0.2) is 20.8 Å². The number of aliphatic imine (C=N–C) groups is 2. The Morgan fingerprint density at radius 3 is 1.75 bits per heavy atom. The van der Waals surface area contributed by atoms with Gasteiger partial charge in [-0.15, -0.1) is 0 Å². The van der Waals surface area contributed by atoms with E-state index in [4.69, 9.17) is 14.4 Å². The Kier molecular flexibility index (Phi) is 7.27. The zero-order valence-corrected chi connectivity index (χ0v) is 32.8. The zero-order valence-electron chi connectivity index (χ0n) is 32.8. The van der Waals surface area contributed by atoms with Gasteiger partial charge >= 0.3 is 0 Å². The minimum absolute atomic E-state index is 0.399. The number of rotatable bonds is 5. The maximum atomic E-state index is 6.34. The van der Waals surface area contributed by atoms with Crippen LogP contribution >= 0.6 is 0 Å². The molecule has 0 fully saturated rings. The molecule has 0 bridgehead atoms. The van der Waals surface area contributed by atoms with Crippen LogP contribution < -0.4 is 5.32 Å². The Balaban J connectivity index is 0.997. The van der Waals surface area contributed by atoms with Gasteiger partial charge in [-0.1, -0.05) is 140 Å². The van der Waals surface area contributed by atoms with Gasteiger partial charge < -0.3 is 18.9 Å². The first kappa shape index (κ1) is 33.7. The Morgan fingerprint density at radius 2 is 1.02 bits per heavy atom. The van der Waals surface area contributed by atoms with E-state index in [1.165, 1.54) is 38.1 Å². The molecule has 0 saturated carbocycles. The molecule has 4 heterocycles. The van der Waals surface area contributed by atoms with Crippen molar-refractivity contribution in [1.29, 1.82) is 0 Å². The lowest BCUT2D eigenvalue weighted by molar-refractivity contribution is 0.655. The third-order valence-electron chi connectivity index (χ3n) is 12.4. The summed E-state index contributed by atoms with van der Waals surface area (Å²) < 4.78 is 11.2. The van der Waals surface area contributed by atoms with Gasteiger partial charge in [0.15, 0.2) is 5.84 Å². The summed E-state index contributed by atoms with van der Waals surface area (Å²) in [5.41, 5.74) is 11.5. The molecule has 1 aliphatic rings. The number of fused-ring (bicyclic) bond motifs is 11. The Bertz CT molecular complexity index is 3790. The average molecular weight is 782 g/mol. The Morgan fingerprint density at radius 1 is 0.443 bits per heavy atom. The van der Waals surface area contributed by atoms with Crippen molar-refractivity contribution < 1.29 is 4.42 Å². The van der Waals surface area contributed by atoms with E-state index in [0.29, 0.717) is 5.84 Å². The standard InChI is InChI=1S/C55H35N5O/c1-2-15-37(16-3-1)59-47-22-9-6-18-40(47)44-31-32-45-41-19-7-10-23-48(41)60(52(45)51(44)59)38-28-25-35(26-29-38)53-56-54(36-27-30-43-42-20-8-11-24-49(42)61-50(43)33-36)58-55(57-53)46-21-12-14-34-13-4-5-17-39(34)46/h1-33,54H,(H,56,57,58). The largest absolute Gasteiger partial charge is 0.456 e. The summed E-state index contributed by atoms with van der Waals surface area (Å²) in [4.78, 5) is 10.6. The van der Waals surface area contributed by atoms with Gasteiger partial charge in [0, 0.05) is 60.4 Å². The highest BCUT2D eigenvalue weighted by atomic mass is 16.3. The number of hydrogen-bond donors (Lipinski definition) is 1. The lowest BCUT2D eigenvalue weighted by Crippen LogP contribution is -2.33. The van der Waals surface area contributed by atoms with Crippen LogP contribution in [0.2, 0.25) is 0 Å². The summed E-state index contributed by atoms with van der Waals surface area (Å²) in [6, 6.07) is 70.9. The molecular formula is C55H35N5O. The lowest BCUT2D eigenvalue weighted by atomic mass is 10.0. The summed E-state index contributed by atoms with van der Waals surface area (Å²) in [6.45, 7) is 0. The van der Waals surface area contributed by atoms with Gasteiger partial charge in [0.25, 0.3) is 0 Å². The number of hydrogen-bond acceptors (Lipinski definition) is 4. The van der Waals surface area contributed by atoms with Crippen LogP contribution in [-0.2, 0) is 0 Å². The summed E-state index contributed by atoms with van der Waals surface area (Å²) in [5, 5.41) is 13.1. The van der Waals surface area contributed by atoms with Gasteiger partial charge in [-0.05, 0) is 71.4 Å². The van der Waals surface area contributed by atoms with Gasteiger partial charge in [0.05, 0.1) is 22.1 Å². The molecule has 3 aromatic heterocycles. The number of nitrogens with one attached hydrogen (secondary N) is 1. The van der Waals surface area contributed by atoms with Gasteiger partial charge in [-0.2, -0.15) is 0 Å². The highest BCUT2D eigenvalue weighted by Crippen LogP contribution is 2.42. The van der Waals surface area contributed by atoms with E-state index in [-0.39, 0.29) is 0 Å². The molecule has 0 saturated heterocycles. The minimum atomic E-state index is -0.399. The van der Waals surface area contributed by atoms with Gasteiger partial charge in [0.2, 0.25) is 0 Å². The second-order valence-corrected chi connectivity index (χ2v) is 15.8. The van der Waals surface area contributed by atoms with Crippen LogP contribution in [0.5, 0.6) is 0 Å². The van der Waals surface area contributed by atoms with Crippen LogP contribution in [0.4, 0.5) is 0 Å². The van der Waals surface area contributed by atoms with E-state index in [1.807, 2.05) is 12.1 Å². The third-order valence-corrected chi connectivity index (χ3v) is 12.4. The van der Waals surface area contributed by atoms with Crippen molar-refractivity contribution in [2.75, 3.05) is 0 Å². The number of aromatic nitrogens is 2. The molecule has 6 nitrogen and oxygen atoms in total. The number of benzene rings is 9. The molecule has 1 atom stereocenters. The number of nitrogens with zero attached hydrogens (tertiary/aromatic N) is 4. The normalized spacial score (nSPS) is 14.4. The number of furan rings is 1. The van der Waals surface area contributed by atoms with Crippen molar-refractivity contribution in [3.8, 4) is 11.4 Å². The quantitative estimate of drug-likeness (QED) is 0.189. The predicted octanol–water partition coefficient (Wildman–Crippen LogP) is 13.4. The third kappa shape index (κ3) is 5.15. The van der Waals surface area contributed by atoms with Crippen LogP contribution in [0.25, 0.3) is 87.7 Å². The van der Waals surface area contributed by atoms with Crippen molar-refractivity contribution in [2.24, 2.45) is 9.98 Å². The molecular weight excluding hydrogens is 747 g/mol. The Hall–Kier alpha value is -8.22. The maximum Gasteiger partial charge on any atom is 0.159 e. The van der Waals surface area contributed by atoms with E-state index < -0.39 is 6.17 Å². The minimum Gasteiger partial charge on any atom is -0.456 e. The fourth-order valence-corrected chi connectivity index (χ4v) is 9.60. The number of para-hydroxylation sites is 4. The van der Waals surface area contributed by atoms with Crippen LogP contribution in [0.3, 0.4) is 0 Å². The van der Waals surface area contributed by atoms with Gasteiger partial charge in [-0.3, -0.25) is 0 Å². The van der Waals surface area contributed by atoms with E-state index in [0.717, 1.165) is 72.1 Å². The number of amidine groups is 2. The smallest absolute Gasteiger partial charge is 0.159 e. The topological polar surface area (TPSA) is 59.8 Å². The summed E-state index contributed by atoms with van der Waals surface area (Å²) in [6.07, 6.45) is -0.399. The molecule has 6 heteroatoms. The van der Waals surface area contributed by atoms with Gasteiger partial charge in [0.1, 0.15) is 23.2 Å². The molecule has 0 amide bonds. The first-order chi connectivity index (χ1) is 30.2. The average Bonchev–Trinajstić information content (AvgIpc) is 3.99. The molecule has 61 heavy (non-hydrogen) atoms. The van der Waals surface area contributed by atoms with E-state index >= 15 is 0 Å². The van der Waals surface area contributed by atoms with Crippen molar-refractivity contribution >= 4 is 88.0 Å². The van der Waals surface area contributed by atoms with Crippen molar-refractivity contribution in [3.05, 3.63) is 217 Å². The summed E-state index contributed by atoms with van der Waals surface area (Å²) >= 11 is 0. The molecule has 0 spiro atoms. The molecule has 1 aliphatic heterocycles. The van der Waals surface area contributed by atoms with Gasteiger partial charge in [-0.25, -0.2) is 9.98 Å². The molecule has 0 radical (unpaired) electrons. The molecule has 9 aromatic carbocycles. The SMILES string of the molecule is c1ccc(-n2c3ccccc3c3ccc4c5ccccc5n(-c5ccc(C6=NC(c7ccc8c(c7)oc7ccccc78)NC(c7cccc8ccccc78)=N6)cc5)c4c32)cc1.